The maximum Gasteiger partial charge on any atom is 0.0641 e. The quantitative estimate of drug-likeness (QED) is 0.804. The zero-order valence-electron chi connectivity index (χ0n) is 10.2. The minimum Gasteiger partial charge on any atom is -0.385 e. The third-order valence-corrected chi connectivity index (χ3v) is 3.61. The molecule has 2 aliphatic rings. The van der Waals surface area contributed by atoms with Gasteiger partial charge in [-0.25, -0.2) is 0 Å². The number of fused-ring (bicyclic) bond motifs is 1. The van der Waals surface area contributed by atoms with Crippen molar-refractivity contribution in [1.82, 2.24) is 0 Å². The second-order valence-corrected chi connectivity index (χ2v) is 4.82. The van der Waals surface area contributed by atoms with E-state index in [1.165, 1.54) is 29.8 Å². The monoisotopic (exact) mass is 232 g/mol. The molecule has 1 aromatic carbocycles. The Hall–Kier alpha value is -1.22. The van der Waals surface area contributed by atoms with Crippen molar-refractivity contribution >= 4 is 11.4 Å². The van der Waals surface area contributed by atoms with Crippen molar-refractivity contribution in [3.8, 4) is 0 Å². The van der Waals surface area contributed by atoms with Crippen LogP contribution >= 0.6 is 0 Å². The standard InChI is InChI=1S/C14H20N2O/c1-3-12-11-13(4-5-14(12)15-6-1)16-7-2-9-17-10-8-16/h4-5,11,15H,1-3,6-10H2. The van der Waals surface area contributed by atoms with Crippen LogP contribution in [0.5, 0.6) is 0 Å². The molecule has 1 aromatic rings. The molecular weight excluding hydrogens is 212 g/mol. The maximum absolute atomic E-state index is 5.50. The molecule has 92 valence electrons. The molecule has 17 heavy (non-hydrogen) atoms. The molecule has 0 aliphatic carbocycles. The highest BCUT2D eigenvalue weighted by atomic mass is 16.5. The first kappa shape index (κ1) is 10.9. The molecule has 1 fully saturated rings. The van der Waals surface area contributed by atoms with Gasteiger partial charge in [0.25, 0.3) is 0 Å². The fourth-order valence-corrected chi connectivity index (χ4v) is 2.66. The van der Waals surface area contributed by atoms with E-state index in [9.17, 15) is 0 Å². The van der Waals surface area contributed by atoms with Crippen LogP contribution in [0.3, 0.4) is 0 Å². The van der Waals surface area contributed by atoms with Crippen LogP contribution in [0.2, 0.25) is 0 Å². The fourth-order valence-electron chi connectivity index (χ4n) is 2.66. The summed E-state index contributed by atoms with van der Waals surface area (Å²) in [7, 11) is 0. The number of anilines is 2. The Labute approximate surface area is 103 Å². The van der Waals surface area contributed by atoms with E-state index in [1.807, 2.05) is 0 Å². The topological polar surface area (TPSA) is 24.5 Å². The lowest BCUT2D eigenvalue weighted by Crippen LogP contribution is -2.26. The number of benzene rings is 1. The summed E-state index contributed by atoms with van der Waals surface area (Å²) < 4.78 is 5.50. The predicted octanol–water partition coefficient (Wildman–Crippen LogP) is 2.27. The summed E-state index contributed by atoms with van der Waals surface area (Å²) in [4.78, 5) is 2.45. The number of hydrogen-bond acceptors (Lipinski definition) is 3. The number of rotatable bonds is 1. The molecule has 0 unspecified atom stereocenters. The normalized spacial score (nSPS) is 20.4. The number of ether oxygens (including phenoxy) is 1. The summed E-state index contributed by atoms with van der Waals surface area (Å²) in [6, 6.07) is 6.82. The molecule has 0 radical (unpaired) electrons. The molecule has 0 atom stereocenters. The van der Waals surface area contributed by atoms with Gasteiger partial charge in [0.05, 0.1) is 6.61 Å². The smallest absolute Gasteiger partial charge is 0.0641 e. The first-order valence-corrected chi connectivity index (χ1v) is 6.63. The van der Waals surface area contributed by atoms with Gasteiger partial charge in [-0.15, -0.1) is 0 Å². The second-order valence-electron chi connectivity index (χ2n) is 4.82. The summed E-state index contributed by atoms with van der Waals surface area (Å²) >= 11 is 0. The van der Waals surface area contributed by atoms with E-state index in [-0.39, 0.29) is 0 Å². The lowest BCUT2D eigenvalue weighted by molar-refractivity contribution is 0.152. The predicted molar refractivity (Wildman–Crippen MR) is 70.9 cm³/mol. The van der Waals surface area contributed by atoms with Crippen LogP contribution in [0.15, 0.2) is 18.2 Å². The molecule has 3 rings (SSSR count). The molecule has 2 heterocycles. The van der Waals surface area contributed by atoms with Gasteiger partial charge < -0.3 is 15.0 Å². The van der Waals surface area contributed by atoms with Crippen LogP contribution in [0.1, 0.15) is 18.4 Å². The van der Waals surface area contributed by atoms with Crippen molar-refractivity contribution in [3.05, 3.63) is 23.8 Å². The van der Waals surface area contributed by atoms with Gasteiger partial charge in [0.2, 0.25) is 0 Å². The van der Waals surface area contributed by atoms with Gasteiger partial charge in [-0.2, -0.15) is 0 Å². The zero-order valence-corrected chi connectivity index (χ0v) is 10.2. The zero-order chi connectivity index (χ0) is 11.5. The molecule has 1 saturated heterocycles. The van der Waals surface area contributed by atoms with Crippen LogP contribution in [-0.2, 0) is 11.2 Å². The van der Waals surface area contributed by atoms with Gasteiger partial charge in [0.15, 0.2) is 0 Å². The average molecular weight is 232 g/mol. The summed E-state index contributed by atoms with van der Waals surface area (Å²) in [5.41, 5.74) is 4.16. The van der Waals surface area contributed by atoms with Crippen molar-refractivity contribution < 1.29 is 4.74 Å². The van der Waals surface area contributed by atoms with Crippen LogP contribution < -0.4 is 10.2 Å². The van der Waals surface area contributed by atoms with Crippen molar-refractivity contribution in [1.29, 1.82) is 0 Å². The Kier molecular flexibility index (Phi) is 3.18. The van der Waals surface area contributed by atoms with E-state index in [1.54, 1.807) is 0 Å². The largest absolute Gasteiger partial charge is 0.385 e. The summed E-state index contributed by atoms with van der Waals surface area (Å²) in [5, 5.41) is 3.46. The van der Waals surface area contributed by atoms with E-state index in [0.717, 1.165) is 39.3 Å². The van der Waals surface area contributed by atoms with E-state index >= 15 is 0 Å². The molecule has 3 nitrogen and oxygen atoms in total. The van der Waals surface area contributed by atoms with Gasteiger partial charge in [-0.3, -0.25) is 0 Å². The van der Waals surface area contributed by atoms with Crippen molar-refractivity contribution in [2.24, 2.45) is 0 Å². The van der Waals surface area contributed by atoms with Gasteiger partial charge >= 0.3 is 0 Å². The van der Waals surface area contributed by atoms with E-state index < -0.39 is 0 Å². The van der Waals surface area contributed by atoms with Crippen LogP contribution in [0, 0.1) is 0 Å². The van der Waals surface area contributed by atoms with Gasteiger partial charge in [-0.1, -0.05) is 0 Å². The Morgan fingerprint density at radius 3 is 3.12 bits per heavy atom. The van der Waals surface area contributed by atoms with Crippen LogP contribution in [-0.4, -0.2) is 32.8 Å². The van der Waals surface area contributed by atoms with Crippen LogP contribution in [0.25, 0.3) is 0 Å². The first-order chi connectivity index (χ1) is 8.43. The summed E-state index contributed by atoms with van der Waals surface area (Å²) in [6.07, 6.45) is 3.59. The number of nitrogens with one attached hydrogen (secondary N) is 1. The van der Waals surface area contributed by atoms with Crippen molar-refractivity contribution in [2.75, 3.05) is 43.1 Å². The Morgan fingerprint density at radius 2 is 2.12 bits per heavy atom. The molecule has 0 saturated carbocycles. The molecule has 0 aromatic heterocycles. The molecule has 0 spiro atoms. The highest BCUT2D eigenvalue weighted by Gasteiger charge is 2.13. The molecule has 0 amide bonds. The van der Waals surface area contributed by atoms with E-state index in [4.69, 9.17) is 4.74 Å². The number of aryl methyl sites for hydroxylation is 1. The third-order valence-electron chi connectivity index (χ3n) is 3.61. The highest BCUT2D eigenvalue weighted by Crippen LogP contribution is 2.27. The van der Waals surface area contributed by atoms with Crippen LogP contribution in [0.4, 0.5) is 11.4 Å². The second kappa shape index (κ2) is 4.96. The molecule has 1 N–H and O–H groups in total. The highest BCUT2D eigenvalue weighted by molar-refractivity contribution is 5.61. The van der Waals surface area contributed by atoms with Gasteiger partial charge in [0, 0.05) is 37.6 Å². The van der Waals surface area contributed by atoms with Gasteiger partial charge in [-0.05, 0) is 43.0 Å². The van der Waals surface area contributed by atoms with E-state index in [2.05, 4.69) is 28.4 Å². The summed E-state index contributed by atoms with van der Waals surface area (Å²) in [6.45, 7) is 5.01. The number of nitrogens with zero attached hydrogens (tertiary/aromatic N) is 1. The lowest BCUT2D eigenvalue weighted by atomic mass is 10.0. The third kappa shape index (κ3) is 2.39. The molecule has 0 bridgehead atoms. The molecular formula is C14H20N2O. The fraction of sp³-hybridized carbons (Fsp3) is 0.571. The van der Waals surface area contributed by atoms with Crippen molar-refractivity contribution in [2.45, 2.75) is 19.3 Å². The average Bonchev–Trinajstić information content (AvgIpc) is 2.67. The molecule has 3 heteroatoms. The minimum absolute atomic E-state index is 0.856. The minimum atomic E-state index is 0.856. The van der Waals surface area contributed by atoms with Gasteiger partial charge in [0.1, 0.15) is 0 Å². The Balaban J connectivity index is 1.82. The first-order valence-electron chi connectivity index (χ1n) is 6.63. The Bertz CT molecular complexity index is 384. The van der Waals surface area contributed by atoms with E-state index in [0.29, 0.717) is 0 Å². The SMILES string of the molecule is c1cc2c(cc1N1CCCOCC1)CCCN2. The number of hydrogen-bond donors (Lipinski definition) is 1. The molecule has 2 aliphatic heterocycles. The maximum atomic E-state index is 5.50. The Morgan fingerprint density at radius 1 is 1.12 bits per heavy atom. The lowest BCUT2D eigenvalue weighted by Gasteiger charge is -2.25. The summed E-state index contributed by atoms with van der Waals surface area (Å²) in [5.74, 6) is 0. The van der Waals surface area contributed by atoms with Crippen molar-refractivity contribution in [3.63, 3.8) is 0 Å².